The molecule has 0 aliphatic carbocycles. The Kier molecular flexibility index (Phi) is 3.42. The van der Waals surface area contributed by atoms with Crippen LogP contribution in [-0.4, -0.2) is 28.0 Å². The SMILES string of the molecule is CC(Nc1cccc2n[se]nc12)c1ccc(F)cc1O. The molecule has 20 heavy (non-hydrogen) atoms. The summed E-state index contributed by atoms with van der Waals surface area (Å²) in [5.74, 6) is -0.501. The maximum atomic E-state index is 13.0. The molecule has 2 N–H and O–H groups in total. The molecule has 6 heteroatoms. The van der Waals surface area contributed by atoms with Crippen LogP contribution in [-0.2, 0) is 0 Å². The Labute approximate surface area is 121 Å². The van der Waals surface area contributed by atoms with Crippen LogP contribution in [0.2, 0.25) is 0 Å². The number of nitrogens with one attached hydrogen (secondary N) is 1. The molecule has 1 aromatic heterocycles. The van der Waals surface area contributed by atoms with Crippen molar-refractivity contribution in [3.05, 3.63) is 47.8 Å². The van der Waals surface area contributed by atoms with Crippen LogP contribution >= 0.6 is 0 Å². The molecule has 2 aromatic carbocycles. The van der Waals surface area contributed by atoms with Crippen molar-refractivity contribution >= 4 is 31.7 Å². The van der Waals surface area contributed by atoms with E-state index < -0.39 is 5.82 Å². The van der Waals surface area contributed by atoms with E-state index in [1.54, 1.807) is 6.07 Å². The van der Waals surface area contributed by atoms with Gasteiger partial charge in [-0.1, -0.05) is 0 Å². The number of aromatic hydroxyl groups is 1. The number of aromatic nitrogens is 2. The first kappa shape index (κ1) is 13.1. The predicted octanol–water partition coefficient (Wildman–Crippen LogP) is 2.70. The average molecular weight is 336 g/mol. The zero-order valence-corrected chi connectivity index (χ0v) is 12.4. The van der Waals surface area contributed by atoms with Crippen molar-refractivity contribution in [2.24, 2.45) is 0 Å². The molecule has 0 saturated heterocycles. The number of anilines is 1. The third kappa shape index (κ3) is 2.40. The van der Waals surface area contributed by atoms with Gasteiger partial charge in [-0.05, 0) is 0 Å². The van der Waals surface area contributed by atoms with Crippen molar-refractivity contribution in [3.63, 3.8) is 0 Å². The molecule has 0 spiro atoms. The number of phenols is 1. The van der Waals surface area contributed by atoms with E-state index in [2.05, 4.69) is 13.3 Å². The van der Waals surface area contributed by atoms with E-state index in [0.29, 0.717) is 5.56 Å². The van der Waals surface area contributed by atoms with Crippen molar-refractivity contribution in [2.75, 3.05) is 5.32 Å². The van der Waals surface area contributed by atoms with E-state index in [9.17, 15) is 9.50 Å². The van der Waals surface area contributed by atoms with Gasteiger partial charge in [0.05, 0.1) is 0 Å². The summed E-state index contributed by atoms with van der Waals surface area (Å²) in [6.07, 6.45) is 0. The van der Waals surface area contributed by atoms with Crippen molar-refractivity contribution in [2.45, 2.75) is 13.0 Å². The number of fused-ring (bicyclic) bond motifs is 1. The van der Waals surface area contributed by atoms with E-state index in [-0.39, 0.29) is 26.8 Å². The fourth-order valence-electron chi connectivity index (χ4n) is 2.12. The number of rotatable bonds is 3. The van der Waals surface area contributed by atoms with Gasteiger partial charge in [0.1, 0.15) is 0 Å². The summed E-state index contributed by atoms with van der Waals surface area (Å²) < 4.78 is 21.7. The molecule has 1 atom stereocenters. The quantitative estimate of drug-likeness (QED) is 0.722. The van der Waals surface area contributed by atoms with Crippen LogP contribution in [0.1, 0.15) is 18.5 Å². The van der Waals surface area contributed by atoms with Crippen molar-refractivity contribution in [3.8, 4) is 5.75 Å². The van der Waals surface area contributed by atoms with Crippen LogP contribution in [0, 0.1) is 5.82 Å². The van der Waals surface area contributed by atoms with Gasteiger partial charge in [-0.25, -0.2) is 0 Å². The molecule has 3 aromatic rings. The third-order valence-corrected chi connectivity index (χ3v) is 4.26. The summed E-state index contributed by atoms with van der Waals surface area (Å²) in [5.41, 5.74) is 3.28. The zero-order valence-electron chi connectivity index (χ0n) is 10.7. The molecule has 1 heterocycles. The van der Waals surface area contributed by atoms with Gasteiger partial charge < -0.3 is 0 Å². The standard InChI is InChI=1S/C14H12FN3OSe/c1-8(10-6-5-9(15)7-13(10)19)16-11-3-2-4-12-14(11)18-20-17-12/h2-8,16,19H,1H3. The number of benzene rings is 2. The van der Waals surface area contributed by atoms with Gasteiger partial charge in [-0.15, -0.1) is 0 Å². The number of hydrogen-bond donors (Lipinski definition) is 2. The normalized spacial score (nSPS) is 12.5. The van der Waals surface area contributed by atoms with E-state index >= 15 is 0 Å². The number of nitrogens with zero attached hydrogens (tertiary/aromatic N) is 2. The van der Waals surface area contributed by atoms with Gasteiger partial charge >= 0.3 is 121 Å². The Balaban J connectivity index is 1.92. The van der Waals surface area contributed by atoms with Crippen LogP contribution in [0.5, 0.6) is 5.75 Å². The Morgan fingerprint density at radius 2 is 2.10 bits per heavy atom. The Hall–Kier alpha value is -1.91. The van der Waals surface area contributed by atoms with Gasteiger partial charge in [-0.3, -0.25) is 0 Å². The first-order valence-electron chi connectivity index (χ1n) is 6.11. The van der Waals surface area contributed by atoms with Gasteiger partial charge in [0.25, 0.3) is 0 Å². The molecule has 0 saturated carbocycles. The van der Waals surface area contributed by atoms with Crippen molar-refractivity contribution < 1.29 is 9.50 Å². The van der Waals surface area contributed by atoms with Gasteiger partial charge in [0.15, 0.2) is 0 Å². The number of phenolic OH excluding ortho intramolecular Hbond substituents is 1. The van der Waals surface area contributed by atoms with E-state index in [1.165, 1.54) is 6.07 Å². The van der Waals surface area contributed by atoms with E-state index in [4.69, 9.17) is 0 Å². The maximum absolute atomic E-state index is 13.0. The summed E-state index contributed by atoms with van der Waals surface area (Å²) >= 11 is -0.0820. The molecule has 3 rings (SSSR count). The molecule has 0 aliphatic heterocycles. The van der Waals surface area contributed by atoms with Crippen LogP contribution in [0.25, 0.3) is 11.0 Å². The van der Waals surface area contributed by atoms with E-state index in [1.807, 2.05) is 25.1 Å². The summed E-state index contributed by atoms with van der Waals surface area (Å²) in [6.45, 7) is 1.91. The molecule has 4 nitrogen and oxygen atoms in total. The minimum absolute atomic E-state index is 0.0524. The summed E-state index contributed by atoms with van der Waals surface area (Å²) in [6, 6.07) is 9.65. The van der Waals surface area contributed by atoms with Gasteiger partial charge in [-0.2, -0.15) is 0 Å². The summed E-state index contributed by atoms with van der Waals surface area (Å²) in [4.78, 5) is 0. The summed E-state index contributed by atoms with van der Waals surface area (Å²) in [7, 11) is 0. The Bertz CT molecular complexity index is 759. The molecular weight excluding hydrogens is 324 g/mol. The Morgan fingerprint density at radius 3 is 2.90 bits per heavy atom. The molecule has 102 valence electrons. The second-order valence-electron chi connectivity index (χ2n) is 4.51. The average Bonchev–Trinajstić information content (AvgIpc) is 2.87. The Morgan fingerprint density at radius 1 is 1.25 bits per heavy atom. The third-order valence-electron chi connectivity index (χ3n) is 3.12. The van der Waals surface area contributed by atoms with Gasteiger partial charge in [0.2, 0.25) is 0 Å². The predicted molar refractivity (Wildman–Crippen MR) is 76.6 cm³/mol. The molecule has 0 bridgehead atoms. The fourth-order valence-corrected chi connectivity index (χ4v) is 3.27. The van der Waals surface area contributed by atoms with Crippen LogP contribution in [0.3, 0.4) is 0 Å². The molecule has 0 aliphatic rings. The van der Waals surface area contributed by atoms with Crippen LogP contribution in [0.15, 0.2) is 36.4 Å². The van der Waals surface area contributed by atoms with Crippen molar-refractivity contribution in [1.29, 1.82) is 0 Å². The first-order valence-corrected chi connectivity index (χ1v) is 7.64. The second-order valence-corrected chi connectivity index (χ2v) is 5.62. The van der Waals surface area contributed by atoms with Gasteiger partial charge in [0, 0.05) is 0 Å². The number of halogens is 1. The monoisotopic (exact) mass is 337 g/mol. The second kappa shape index (κ2) is 5.23. The molecule has 0 amide bonds. The fraction of sp³-hybridized carbons (Fsp3) is 0.143. The summed E-state index contributed by atoms with van der Waals surface area (Å²) in [5, 5.41) is 13.1. The minimum atomic E-state index is -0.449. The molecule has 1 unspecified atom stereocenters. The number of hydrogen-bond acceptors (Lipinski definition) is 4. The molecule has 0 radical (unpaired) electrons. The molecule has 0 fully saturated rings. The van der Waals surface area contributed by atoms with E-state index in [0.717, 1.165) is 22.8 Å². The van der Waals surface area contributed by atoms with Crippen LogP contribution < -0.4 is 5.32 Å². The van der Waals surface area contributed by atoms with Crippen molar-refractivity contribution in [1.82, 2.24) is 7.96 Å². The first-order chi connectivity index (χ1) is 9.65. The van der Waals surface area contributed by atoms with Crippen LogP contribution in [0.4, 0.5) is 10.1 Å². The zero-order chi connectivity index (χ0) is 14.1. The molecular formula is C14H12FN3OSe. The topological polar surface area (TPSA) is 58.0 Å².